The second kappa shape index (κ2) is 10.1. The molecule has 1 saturated heterocycles. The molecule has 10 heteroatoms. The Labute approximate surface area is 207 Å². The summed E-state index contributed by atoms with van der Waals surface area (Å²) in [6.45, 7) is 2.55. The number of Topliss-reactive ketones (excluding diaryl/α,β-unsaturated/α-hetero) is 1. The minimum Gasteiger partial charge on any atom is -0.457 e. The second-order valence-electron chi connectivity index (χ2n) is 8.49. The van der Waals surface area contributed by atoms with E-state index in [-0.39, 0.29) is 46.4 Å². The number of carbonyl (C=O) groups excluding carboxylic acids is 2. The fraction of sp³-hybridized carbons (Fsp3) is 0.231. The standard InChI is InChI=1S/C26H24F2N2O5S/c1-17(31)18-3-9-24(23(28)15-18)29-11-13-30(14-12-29)26(32)22-16-21(36(2,33)34)8-10-25(22)35-20-6-4-19(27)5-7-20/h3-10,15-16H,11-14H2,1-2H3. The molecule has 7 nitrogen and oxygen atoms in total. The van der Waals surface area contributed by atoms with Crippen molar-refractivity contribution in [1.29, 1.82) is 0 Å². The molecule has 0 spiro atoms. The molecule has 3 aromatic rings. The van der Waals surface area contributed by atoms with Crippen LogP contribution in [-0.4, -0.2) is 57.4 Å². The van der Waals surface area contributed by atoms with Crippen LogP contribution in [-0.2, 0) is 9.84 Å². The summed E-state index contributed by atoms with van der Waals surface area (Å²) in [5, 5.41) is 0. The molecule has 0 unspecified atom stereocenters. The van der Waals surface area contributed by atoms with Gasteiger partial charge in [0, 0.05) is 38.0 Å². The molecule has 0 bridgehead atoms. The first-order chi connectivity index (χ1) is 17.0. The van der Waals surface area contributed by atoms with E-state index < -0.39 is 27.4 Å². The molecule has 0 saturated carbocycles. The van der Waals surface area contributed by atoms with Crippen LogP contribution in [0.25, 0.3) is 0 Å². The number of amides is 1. The van der Waals surface area contributed by atoms with E-state index in [0.29, 0.717) is 18.8 Å². The summed E-state index contributed by atoms with van der Waals surface area (Å²) >= 11 is 0. The minimum absolute atomic E-state index is 0.0384. The van der Waals surface area contributed by atoms with E-state index in [9.17, 15) is 26.8 Å². The number of rotatable bonds is 6. The zero-order valence-electron chi connectivity index (χ0n) is 19.7. The highest BCUT2D eigenvalue weighted by Gasteiger charge is 2.27. The summed E-state index contributed by atoms with van der Waals surface area (Å²) < 4.78 is 57.9. The van der Waals surface area contributed by atoms with Crippen LogP contribution in [0.3, 0.4) is 0 Å². The first-order valence-electron chi connectivity index (χ1n) is 11.1. The molecular weight excluding hydrogens is 490 g/mol. The first kappa shape index (κ1) is 25.3. The third-order valence-electron chi connectivity index (χ3n) is 5.91. The quantitative estimate of drug-likeness (QED) is 0.456. The van der Waals surface area contributed by atoms with Gasteiger partial charge in [-0.15, -0.1) is 0 Å². The van der Waals surface area contributed by atoms with Gasteiger partial charge in [-0.25, -0.2) is 17.2 Å². The fourth-order valence-electron chi connectivity index (χ4n) is 3.93. The number of piperazine rings is 1. The molecule has 0 aliphatic carbocycles. The van der Waals surface area contributed by atoms with E-state index in [1.165, 1.54) is 60.4 Å². The Morgan fingerprint density at radius 3 is 2.14 bits per heavy atom. The molecule has 1 amide bonds. The summed E-state index contributed by atoms with van der Waals surface area (Å²) in [6, 6.07) is 13.5. The number of carbonyl (C=O) groups is 2. The van der Waals surface area contributed by atoms with Gasteiger partial charge >= 0.3 is 0 Å². The Balaban J connectivity index is 1.56. The number of nitrogens with zero attached hydrogens (tertiary/aromatic N) is 2. The molecule has 0 radical (unpaired) electrons. The van der Waals surface area contributed by atoms with Gasteiger partial charge in [-0.3, -0.25) is 9.59 Å². The summed E-state index contributed by atoms with van der Waals surface area (Å²) in [5.41, 5.74) is 0.670. The number of hydrogen-bond donors (Lipinski definition) is 0. The number of benzene rings is 3. The SMILES string of the molecule is CC(=O)c1ccc(N2CCN(C(=O)c3cc(S(C)(=O)=O)ccc3Oc3ccc(F)cc3)CC2)c(F)c1. The Hall–Kier alpha value is -3.79. The molecule has 1 aliphatic heterocycles. The maximum Gasteiger partial charge on any atom is 0.257 e. The van der Waals surface area contributed by atoms with Crippen molar-refractivity contribution < 1.29 is 31.5 Å². The predicted molar refractivity (Wildman–Crippen MR) is 131 cm³/mol. The van der Waals surface area contributed by atoms with Crippen molar-refractivity contribution in [1.82, 2.24) is 4.90 Å². The molecule has 0 atom stereocenters. The highest BCUT2D eigenvalue weighted by molar-refractivity contribution is 7.90. The first-order valence-corrected chi connectivity index (χ1v) is 13.0. The minimum atomic E-state index is -3.59. The number of ether oxygens (including phenoxy) is 1. The molecule has 0 aromatic heterocycles. The normalized spacial score (nSPS) is 14.0. The van der Waals surface area contributed by atoms with Crippen molar-refractivity contribution in [2.45, 2.75) is 11.8 Å². The molecular formula is C26H24F2N2O5S. The molecule has 4 rings (SSSR count). The average Bonchev–Trinajstić information content (AvgIpc) is 2.84. The highest BCUT2D eigenvalue weighted by Crippen LogP contribution is 2.30. The largest absolute Gasteiger partial charge is 0.457 e. The van der Waals surface area contributed by atoms with Gasteiger partial charge in [-0.05, 0) is 67.6 Å². The monoisotopic (exact) mass is 514 g/mol. The van der Waals surface area contributed by atoms with Crippen LogP contribution in [0.4, 0.5) is 14.5 Å². The molecule has 188 valence electrons. The Kier molecular flexibility index (Phi) is 7.07. The van der Waals surface area contributed by atoms with Crippen LogP contribution in [0.15, 0.2) is 65.6 Å². The van der Waals surface area contributed by atoms with Gasteiger partial charge in [0.25, 0.3) is 5.91 Å². The fourth-order valence-corrected chi connectivity index (χ4v) is 4.58. The maximum absolute atomic E-state index is 14.6. The Bertz CT molecular complexity index is 1420. The lowest BCUT2D eigenvalue weighted by atomic mass is 10.1. The van der Waals surface area contributed by atoms with E-state index in [2.05, 4.69) is 0 Å². The lowest BCUT2D eigenvalue weighted by molar-refractivity contribution is 0.0743. The van der Waals surface area contributed by atoms with Gasteiger partial charge in [0.05, 0.1) is 16.1 Å². The van der Waals surface area contributed by atoms with Crippen LogP contribution in [0, 0.1) is 11.6 Å². The maximum atomic E-state index is 14.6. The van der Waals surface area contributed by atoms with Crippen LogP contribution in [0.5, 0.6) is 11.5 Å². The van der Waals surface area contributed by atoms with Crippen molar-refractivity contribution in [2.75, 3.05) is 37.3 Å². The zero-order valence-corrected chi connectivity index (χ0v) is 20.5. The van der Waals surface area contributed by atoms with Crippen molar-refractivity contribution in [2.24, 2.45) is 0 Å². The Morgan fingerprint density at radius 2 is 1.56 bits per heavy atom. The van der Waals surface area contributed by atoms with Gasteiger partial charge in [0.15, 0.2) is 15.6 Å². The summed E-state index contributed by atoms with van der Waals surface area (Å²) in [5.74, 6) is -1.22. The number of ketones is 1. The second-order valence-corrected chi connectivity index (χ2v) is 10.5. The summed E-state index contributed by atoms with van der Waals surface area (Å²) in [6.07, 6.45) is 1.04. The smallest absolute Gasteiger partial charge is 0.257 e. The molecule has 0 N–H and O–H groups in total. The lowest BCUT2D eigenvalue weighted by Gasteiger charge is -2.36. The van der Waals surface area contributed by atoms with Crippen LogP contribution >= 0.6 is 0 Å². The molecule has 1 fully saturated rings. The van der Waals surface area contributed by atoms with Crippen LogP contribution in [0.1, 0.15) is 27.6 Å². The topological polar surface area (TPSA) is 84.0 Å². The van der Waals surface area contributed by atoms with Gasteiger partial charge < -0.3 is 14.5 Å². The molecule has 3 aromatic carbocycles. The molecule has 1 aliphatic rings. The van der Waals surface area contributed by atoms with Crippen LogP contribution < -0.4 is 9.64 Å². The van der Waals surface area contributed by atoms with E-state index in [4.69, 9.17) is 4.74 Å². The third kappa shape index (κ3) is 5.54. The highest BCUT2D eigenvalue weighted by atomic mass is 32.2. The summed E-state index contributed by atoms with van der Waals surface area (Å²) in [7, 11) is -3.59. The molecule has 1 heterocycles. The van der Waals surface area contributed by atoms with Gasteiger partial charge in [-0.1, -0.05) is 0 Å². The number of sulfone groups is 1. The number of hydrogen-bond acceptors (Lipinski definition) is 6. The van der Waals surface area contributed by atoms with Crippen LogP contribution in [0.2, 0.25) is 0 Å². The van der Waals surface area contributed by atoms with E-state index in [0.717, 1.165) is 6.26 Å². The van der Waals surface area contributed by atoms with E-state index in [1.807, 2.05) is 0 Å². The predicted octanol–water partition coefficient (Wildman–Crippen LogP) is 4.33. The Morgan fingerprint density at radius 1 is 0.889 bits per heavy atom. The van der Waals surface area contributed by atoms with E-state index >= 15 is 0 Å². The third-order valence-corrected chi connectivity index (χ3v) is 7.02. The van der Waals surface area contributed by atoms with Gasteiger partial charge in [0.2, 0.25) is 0 Å². The van der Waals surface area contributed by atoms with Crippen molar-refractivity contribution in [3.8, 4) is 11.5 Å². The number of halogens is 2. The number of anilines is 1. The molecule has 36 heavy (non-hydrogen) atoms. The van der Waals surface area contributed by atoms with Crippen molar-refractivity contribution in [3.05, 3.63) is 83.4 Å². The zero-order chi connectivity index (χ0) is 26.0. The summed E-state index contributed by atoms with van der Waals surface area (Å²) in [4.78, 5) is 28.2. The lowest BCUT2D eigenvalue weighted by Crippen LogP contribution is -2.49. The van der Waals surface area contributed by atoms with E-state index in [1.54, 1.807) is 17.0 Å². The van der Waals surface area contributed by atoms with Gasteiger partial charge in [0.1, 0.15) is 23.1 Å². The average molecular weight is 515 g/mol. The van der Waals surface area contributed by atoms with Gasteiger partial charge in [-0.2, -0.15) is 0 Å². The van der Waals surface area contributed by atoms with Crippen molar-refractivity contribution >= 4 is 27.2 Å². The van der Waals surface area contributed by atoms with Crippen molar-refractivity contribution in [3.63, 3.8) is 0 Å².